The normalized spacial score (nSPS) is 22.8. The molecule has 1 heterocycles. The van der Waals surface area contributed by atoms with E-state index in [0.717, 1.165) is 6.54 Å². The molecule has 1 aliphatic rings. The van der Waals surface area contributed by atoms with E-state index in [-0.39, 0.29) is 17.6 Å². The number of carbonyl (C=O) groups is 1. The van der Waals surface area contributed by atoms with Crippen LogP contribution in [0.3, 0.4) is 0 Å². The van der Waals surface area contributed by atoms with Crippen molar-refractivity contribution in [2.75, 3.05) is 25.5 Å². The summed E-state index contributed by atoms with van der Waals surface area (Å²) in [4.78, 5) is 12.1. The quantitative estimate of drug-likeness (QED) is 0.859. The average molecular weight is 252 g/mol. The fraction of sp³-hybridized carbons (Fsp3) is 0.462. The lowest BCUT2D eigenvalue weighted by Gasteiger charge is -2.16. The third kappa shape index (κ3) is 2.61. The van der Waals surface area contributed by atoms with Gasteiger partial charge in [0.25, 0.3) is 0 Å². The largest absolute Gasteiger partial charge is 0.494 e. The van der Waals surface area contributed by atoms with Crippen molar-refractivity contribution in [1.82, 2.24) is 5.32 Å². The van der Waals surface area contributed by atoms with E-state index in [1.54, 1.807) is 0 Å². The van der Waals surface area contributed by atoms with Gasteiger partial charge < -0.3 is 15.4 Å². The Labute approximate surface area is 106 Å². The molecule has 1 saturated heterocycles. The van der Waals surface area contributed by atoms with Crippen LogP contribution in [-0.4, -0.2) is 26.1 Å². The van der Waals surface area contributed by atoms with Crippen molar-refractivity contribution in [2.24, 2.45) is 11.8 Å². The Morgan fingerprint density at radius 1 is 1.50 bits per heavy atom. The fourth-order valence-electron chi connectivity index (χ4n) is 2.15. The van der Waals surface area contributed by atoms with Gasteiger partial charge in [0, 0.05) is 12.6 Å². The molecule has 0 bridgehead atoms. The molecule has 0 saturated carbocycles. The van der Waals surface area contributed by atoms with E-state index >= 15 is 0 Å². The predicted molar refractivity (Wildman–Crippen MR) is 67.1 cm³/mol. The van der Waals surface area contributed by atoms with Gasteiger partial charge in [-0.05, 0) is 24.6 Å². The van der Waals surface area contributed by atoms with E-state index in [9.17, 15) is 9.18 Å². The number of amides is 1. The van der Waals surface area contributed by atoms with Gasteiger partial charge in [-0.15, -0.1) is 0 Å². The van der Waals surface area contributed by atoms with E-state index in [4.69, 9.17) is 4.74 Å². The Morgan fingerprint density at radius 3 is 2.89 bits per heavy atom. The number of hydrogen-bond acceptors (Lipinski definition) is 3. The number of benzene rings is 1. The number of nitrogens with one attached hydrogen (secondary N) is 2. The van der Waals surface area contributed by atoms with E-state index in [1.165, 1.54) is 25.3 Å². The van der Waals surface area contributed by atoms with Gasteiger partial charge in [0.2, 0.25) is 5.91 Å². The van der Waals surface area contributed by atoms with Gasteiger partial charge in [-0.2, -0.15) is 0 Å². The third-order valence-corrected chi connectivity index (χ3v) is 3.28. The molecule has 1 aliphatic heterocycles. The highest BCUT2D eigenvalue weighted by Gasteiger charge is 2.29. The van der Waals surface area contributed by atoms with E-state index in [2.05, 4.69) is 10.6 Å². The topological polar surface area (TPSA) is 50.4 Å². The molecule has 2 N–H and O–H groups in total. The summed E-state index contributed by atoms with van der Waals surface area (Å²) >= 11 is 0. The number of methoxy groups -OCH3 is 1. The first kappa shape index (κ1) is 12.8. The Kier molecular flexibility index (Phi) is 3.81. The van der Waals surface area contributed by atoms with Gasteiger partial charge in [-0.25, -0.2) is 4.39 Å². The van der Waals surface area contributed by atoms with Crippen molar-refractivity contribution in [1.29, 1.82) is 0 Å². The van der Waals surface area contributed by atoms with E-state index in [0.29, 0.717) is 23.9 Å². The minimum atomic E-state index is -0.388. The first-order valence-corrected chi connectivity index (χ1v) is 5.97. The lowest BCUT2D eigenvalue weighted by Crippen LogP contribution is -2.28. The number of anilines is 1. The third-order valence-electron chi connectivity index (χ3n) is 3.28. The summed E-state index contributed by atoms with van der Waals surface area (Å²) in [6.45, 7) is 3.56. The molecular formula is C13H17FN2O2. The van der Waals surface area contributed by atoms with Gasteiger partial charge >= 0.3 is 0 Å². The standard InChI is InChI=1S/C13H17FN2O2/c1-8-6-15-7-10(8)13(17)16-11-4-3-9(14)5-12(11)18-2/h3-5,8,10,15H,6-7H2,1-2H3,(H,16,17)/t8-,10-/m1/s1. The molecule has 0 spiro atoms. The summed E-state index contributed by atoms with van der Waals surface area (Å²) in [5.41, 5.74) is 0.503. The molecule has 0 aliphatic carbocycles. The van der Waals surface area contributed by atoms with E-state index < -0.39 is 0 Å². The zero-order valence-electron chi connectivity index (χ0n) is 10.5. The van der Waals surface area contributed by atoms with E-state index in [1.807, 2.05) is 6.92 Å². The molecule has 1 aromatic carbocycles. The van der Waals surface area contributed by atoms with Crippen LogP contribution in [0.5, 0.6) is 5.75 Å². The van der Waals surface area contributed by atoms with Crippen LogP contribution in [0, 0.1) is 17.7 Å². The van der Waals surface area contributed by atoms with Gasteiger partial charge in [0.05, 0.1) is 18.7 Å². The monoisotopic (exact) mass is 252 g/mol. The van der Waals surface area contributed by atoms with Crippen molar-refractivity contribution >= 4 is 11.6 Å². The minimum absolute atomic E-state index is 0.0558. The fourth-order valence-corrected chi connectivity index (χ4v) is 2.15. The molecule has 98 valence electrons. The Hall–Kier alpha value is -1.62. The SMILES string of the molecule is COc1cc(F)ccc1NC(=O)[C@@H]1CNC[C@H]1C. The molecule has 1 fully saturated rings. The smallest absolute Gasteiger partial charge is 0.229 e. The molecular weight excluding hydrogens is 235 g/mol. The maximum atomic E-state index is 13.0. The van der Waals surface area contributed by atoms with Crippen LogP contribution in [0.1, 0.15) is 6.92 Å². The Bertz CT molecular complexity index is 451. The lowest BCUT2D eigenvalue weighted by molar-refractivity contribution is -0.120. The van der Waals surface area contributed by atoms with Gasteiger partial charge in [0.1, 0.15) is 11.6 Å². The Balaban J connectivity index is 2.11. The summed E-state index contributed by atoms with van der Waals surface area (Å²) in [7, 11) is 1.45. The van der Waals surface area contributed by atoms with Crippen LogP contribution in [0.25, 0.3) is 0 Å². The van der Waals surface area contributed by atoms with Crippen LogP contribution >= 0.6 is 0 Å². The number of hydrogen-bond donors (Lipinski definition) is 2. The molecule has 18 heavy (non-hydrogen) atoms. The second-order valence-electron chi connectivity index (χ2n) is 4.58. The molecule has 2 rings (SSSR count). The molecule has 4 nitrogen and oxygen atoms in total. The molecule has 0 aromatic heterocycles. The molecule has 5 heteroatoms. The molecule has 2 atom stereocenters. The zero-order valence-corrected chi connectivity index (χ0v) is 10.5. The number of carbonyl (C=O) groups excluding carboxylic acids is 1. The van der Waals surface area contributed by atoms with Crippen LogP contribution in [-0.2, 0) is 4.79 Å². The van der Waals surface area contributed by atoms with Gasteiger partial charge in [-0.3, -0.25) is 4.79 Å². The number of halogens is 1. The van der Waals surface area contributed by atoms with Crippen molar-refractivity contribution in [3.63, 3.8) is 0 Å². The first-order chi connectivity index (χ1) is 8.61. The van der Waals surface area contributed by atoms with Crippen molar-refractivity contribution in [2.45, 2.75) is 6.92 Å². The van der Waals surface area contributed by atoms with Crippen molar-refractivity contribution in [3.8, 4) is 5.75 Å². The maximum absolute atomic E-state index is 13.0. The lowest BCUT2D eigenvalue weighted by atomic mass is 9.97. The summed E-state index contributed by atoms with van der Waals surface area (Å²) in [6, 6.07) is 4.07. The molecule has 1 amide bonds. The first-order valence-electron chi connectivity index (χ1n) is 5.97. The summed E-state index contributed by atoms with van der Waals surface area (Å²) in [5.74, 6) is 0.135. The highest BCUT2D eigenvalue weighted by atomic mass is 19.1. The van der Waals surface area contributed by atoms with Crippen LogP contribution in [0.2, 0.25) is 0 Å². The highest BCUT2D eigenvalue weighted by molar-refractivity contribution is 5.94. The molecule has 0 unspecified atom stereocenters. The molecule has 1 aromatic rings. The number of rotatable bonds is 3. The maximum Gasteiger partial charge on any atom is 0.229 e. The van der Waals surface area contributed by atoms with Crippen LogP contribution in [0.15, 0.2) is 18.2 Å². The summed E-state index contributed by atoms with van der Waals surface area (Å²) in [5, 5.41) is 5.96. The van der Waals surface area contributed by atoms with Crippen LogP contribution in [0.4, 0.5) is 10.1 Å². The van der Waals surface area contributed by atoms with Crippen molar-refractivity contribution < 1.29 is 13.9 Å². The molecule has 0 radical (unpaired) electrons. The van der Waals surface area contributed by atoms with Crippen LogP contribution < -0.4 is 15.4 Å². The Morgan fingerprint density at radius 2 is 2.28 bits per heavy atom. The average Bonchev–Trinajstić information content (AvgIpc) is 2.77. The second-order valence-corrected chi connectivity index (χ2v) is 4.58. The predicted octanol–water partition coefficient (Wildman–Crippen LogP) is 1.63. The number of ether oxygens (including phenoxy) is 1. The van der Waals surface area contributed by atoms with Gasteiger partial charge in [0.15, 0.2) is 0 Å². The second kappa shape index (κ2) is 5.35. The summed E-state index contributed by atoms with van der Waals surface area (Å²) in [6.07, 6.45) is 0. The highest BCUT2D eigenvalue weighted by Crippen LogP contribution is 2.26. The van der Waals surface area contributed by atoms with Gasteiger partial charge in [-0.1, -0.05) is 6.92 Å². The van der Waals surface area contributed by atoms with Crippen molar-refractivity contribution in [3.05, 3.63) is 24.0 Å². The zero-order chi connectivity index (χ0) is 13.1. The minimum Gasteiger partial charge on any atom is -0.494 e. The summed E-state index contributed by atoms with van der Waals surface area (Å²) < 4.78 is 18.1.